The Balaban J connectivity index is 2.35. The summed E-state index contributed by atoms with van der Waals surface area (Å²) in [5, 5.41) is 9.08. The number of halogens is 3. The first kappa shape index (κ1) is 16.1. The van der Waals surface area contributed by atoms with E-state index in [9.17, 15) is 21.6 Å². The second kappa shape index (κ2) is 5.84. The lowest BCUT2D eigenvalue weighted by molar-refractivity contribution is -0.0435. The van der Waals surface area contributed by atoms with Gasteiger partial charge in [-0.05, 0) is 30.9 Å². The molecular formula is C13H16F3NO3S. The smallest absolute Gasteiger partial charge is 0.396 e. The Kier molecular flexibility index (Phi) is 4.48. The minimum atomic E-state index is -5.37. The Morgan fingerprint density at radius 2 is 1.76 bits per heavy atom. The molecule has 2 rings (SSSR count). The lowest BCUT2D eigenvalue weighted by Gasteiger charge is -2.34. The SMILES string of the molecule is O=S(=O)(c1ccccc1N1CCC(CO)CC1)C(F)(F)F. The molecule has 0 aromatic heterocycles. The molecular weight excluding hydrogens is 307 g/mol. The van der Waals surface area contributed by atoms with Crippen LogP contribution in [0.3, 0.4) is 0 Å². The summed E-state index contributed by atoms with van der Waals surface area (Å²) in [4.78, 5) is 0.921. The van der Waals surface area contributed by atoms with Crippen LogP contribution in [0.1, 0.15) is 12.8 Å². The van der Waals surface area contributed by atoms with Crippen LogP contribution in [0, 0.1) is 5.92 Å². The molecule has 1 aliphatic heterocycles. The van der Waals surface area contributed by atoms with E-state index in [2.05, 4.69) is 0 Å². The molecule has 0 atom stereocenters. The molecule has 118 valence electrons. The fourth-order valence-corrected chi connectivity index (χ4v) is 3.41. The number of sulfone groups is 1. The van der Waals surface area contributed by atoms with Crippen molar-refractivity contribution in [2.45, 2.75) is 23.2 Å². The van der Waals surface area contributed by atoms with Gasteiger partial charge < -0.3 is 10.0 Å². The number of piperidine rings is 1. The number of para-hydroxylation sites is 1. The van der Waals surface area contributed by atoms with Crippen LogP contribution in [-0.2, 0) is 9.84 Å². The van der Waals surface area contributed by atoms with Crippen LogP contribution in [0.25, 0.3) is 0 Å². The molecule has 1 aliphatic rings. The third-order valence-corrected chi connectivity index (χ3v) is 5.21. The molecule has 0 saturated carbocycles. The Bertz CT molecular complexity index is 593. The Hall–Kier alpha value is -1.28. The molecule has 1 fully saturated rings. The molecule has 0 radical (unpaired) electrons. The van der Waals surface area contributed by atoms with Crippen LogP contribution in [0.2, 0.25) is 0 Å². The molecule has 1 N–H and O–H groups in total. The maximum Gasteiger partial charge on any atom is 0.501 e. The minimum absolute atomic E-state index is 0.0380. The third kappa shape index (κ3) is 3.16. The van der Waals surface area contributed by atoms with Crippen LogP contribution >= 0.6 is 0 Å². The normalized spacial score (nSPS) is 18.0. The number of anilines is 1. The van der Waals surface area contributed by atoms with E-state index in [-0.39, 0.29) is 18.2 Å². The molecule has 0 bridgehead atoms. The van der Waals surface area contributed by atoms with Crippen molar-refractivity contribution in [3.63, 3.8) is 0 Å². The maximum absolute atomic E-state index is 12.7. The Labute approximate surface area is 121 Å². The summed E-state index contributed by atoms with van der Waals surface area (Å²) in [6.45, 7) is 0.890. The van der Waals surface area contributed by atoms with Gasteiger partial charge in [0.05, 0.1) is 10.6 Å². The van der Waals surface area contributed by atoms with Crippen molar-refractivity contribution in [2.75, 3.05) is 24.6 Å². The Morgan fingerprint density at radius 1 is 1.19 bits per heavy atom. The highest BCUT2D eigenvalue weighted by Gasteiger charge is 2.48. The fourth-order valence-electron chi connectivity index (χ4n) is 2.43. The van der Waals surface area contributed by atoms with Crippen molar-refractivity contribution in [1.82, 2.24) is 0 Å². The van der Waals surface area contributed by atoms with Gasteiger partial charge in [-0.25, -0.2) is 8.42 Å². The summed E-state index contributed by atoms with van der Waals surface area (Å²) in [5.41, 5.74) is -5.24. The van der Waals surface area contributed by atoms with Crippen LogP contribution in [0.15, 0.2) is 29.2 Å². The van der Waals surface area contributed by atoms with Gasteiger partial charge in [0.2, 0.25) is 0 Å². The molecule has 21 heavy (non-hydrogen) atoms. The summed E-state index contributed by atoms with van der Waals surface area (Å²) in [6.07, 6.45) is 1.24. The molecule has 0 unspecified atom stereocenters. The van der Waals surface area contributed by atoms with Gasteiger partial charge in [-0.1, -0.05) is 12.1 Å². The number of alkyl halides is 3. The summed E-state index contributed by atoms with van der Waals surface area (Å²) in [7, 11) is -5.37. The van der Waals surface area contributed by atoms with Crippen molar-refractivity contribution >= 4 is 15.5 Å². The Morgan fingerprint density at radius 3 is 2.29 bits per heavy atom. The first-order chi connectivity index (χ1) is 9.77. The van der Waals surface area contributed by atoms with Crippen molar-refractivity contribution in [1.29, 1.82) is 0 Å². The highest BCUT2D eigenvalue weighted by molar-refractivity contribution is 7.92. The first-order valence-corrected chi connectivity index (χ1v) is 8.02. The number of aliphatic hydroxyl groups excluding tert-OH is 1. The molecule has 0 aliphatic carbocycles. The van der Waals surface area contributed by atoms with Gasteiger partial charge in [0, 0.05) is 19.7 Å². The highest BCUT2D eigenvalue weighted by Crippen LogP contribution is 2.36. The standard InChI is InChI=1S/C13H16F3NO3S/c14-13(15,16)21(19,20)12-4-2-1-3-11(12)17-7-5-10(9-18)6-8-17/h1-4,10,18H,5-9H2. The summed E-state index contributed by atoms with van der Waals surface area (Å²) in [5.74, 6) is 0.118. The van der Waals surface area contributed by atoms with Crippen LogP contribution in [-0.4, -0.2) is 38.7 Å². The van der Waals surface area contributed by atoms with Crippen LogP contribution < -0.4 is 4.90 Å². The predicted molar refractivity (Wildman–Crippen MR) is 71.7 cm³/mol. The van der Waals surface area contributed by atoms with Gasteiger partial charge in [0.1, 0.15) is 0 Å². The lowest BCUT2D eigenvalue weighted by atomic mass is 9.97. The van der Waals surface area contributed by atoms with Crippen molar-refractivity contribution < 1.29 is 26.7 Å². The van der Waals surface area contributed by atoms with Crippen molar-refractivity contribution in [2.24, 2.45) is 5.92 Å². The first-order valence-electron chi connectivity index (χ1n) is 6.53. The second-order valence-corrected chi connectivity index (χ2v) is 6.94. The predicted octanol–water partition coefficient (Wildman–Crippen LogP) is 2.19. The minimum Gasteiger partial charge on any atom is -0.396 e. The van der Waals surface area contributed by atoms with E-state index in [1.807, 2.05) is 0 Å². The third-order valence-electron chi connectivity index (χ3n) is 3.67. The molecule has 1 aromatic carbocycles. The highest BCUT2D eigenvalue weighted by atomic mass is 32.2. The molecule has 1 heterocycles. The average molecular weight is 323 g/mol. The van der Waals surface area contributed by atoms with E-state index in [1.54, 1.807) is 4.90 Å². The summed E-state index contributed by atoms with van der Waals surface area (Å²) < 4.78 is 61.5. The van der Waals surface area contributed by atoms with Crippen molar-refractivity contribution in [3.8, 4) is 0 Å². The summed E-state index contributed by atoms with van der Waals surface area (Å²) >= 11 is 0. The van der Waals surface area contributed by atoms with Gasteiger partial charge in [0.15, 0.2) is 0 Å². The number of hydrogen-bond donors (Lipinski definition) is 1. The fraction of sp³-hybridized carbons (Fsp3) is 0.538. The molecule has 4 nitrogen and oxygen atoms in total. The van der Waals surface area contributed by atoms with Crippen LogP contribution in [0.4, 0.5) is 18.9 Å². The summed E-state index contributed by atoms with van der Waals surface area (Å²) in [6, 6.07) is 5.17. The van der Waals surface area contributed by atoms with E-state index in [0.29, 0.717) is 25.9 Å². The van der Waals surface area contributed by atoms with Gasteiger partial charge in [-0.15, -0.1) is 0 Å². The molecule has 1 aromatic rings. The quantitative estimate of drug-likeness (QED) is 0.926. The lowest BCUT2D eigenvalue weighted by Crippen LogP contribution is -2.36. The van der Waals surface area contributed by atoms with E-state index in [1.165, 1.54) is 18.2 Å². The van der Waals surface area contributed by atoms with Gasteiger partial charge >= 0.3 is 5.51 Å². The second-order valence-electron chi connectivity index (χ2n) is 5.03. The van der Waals surface area contributed by atoms with Gasteiger partial charge in [0.25, 0.3) is 9.84 Å². The number of rotatable bonds is 3. The zero-order valence-electron chi connectivity index (χ0n) is 11.2. The molecule has 0 spiro atoms. The number of nitrogens with zero attached hydrogens (tertiary/aromatic N) is 1. The van der Waals surface area contributed by atoms with Crippen molar-refractivity contribution in [3.05, 3.63) is 24.3 Å². The van der Waals surface area contributed by atoms with E-state index < -0.39 is 20.2 Å². The molecule has 0 amide bonds. The maximum atomic E-state index is 12.7. The number of hydrogen-bond acceptors (Lipinski definition) is 4. The van der Waals surface area contributed by atoms with Gasteiger partial charge in [-0.3, -0.25) is 0 Å². The largest absolute Gasteiger partial charge is 0.501 e. The van der Waals surface area contributed by atoms with E-state index >= 15 is 0 Å². The zero-order chi connectivity index (χ0) is 15.7. The monoisotopic (exact) mass is 323 g/mol. The van der Waals surface area contributed by atoms with Crippen LogP contribution in [0.5, 0.6) is 0 Å². The van der Waals surface area contributed by atoms with E-state index in [4.69, 9.17) is 5.11 Å². The molecule has 8 heteroatoms. The number of benzene rings is 1. The number of aliphatic hydroxyl groups is 1. The van der Waals surface area contributed by atoms with E-state index in [0.717, 1.165) is 6.07 Å². The zero-order valence-corrected chi connectivity index (χ0v) is 12.0. The molecule has 1 saturated heterocycles. The van der Waals surface area contributed by atoms with Gasteiger partial charge in [-0.2, -0.15) is 13.2 Å². The average Bonchev–Trinajstić information content (AvgIpc) is 2.46. The topological polar surface area (TPSA) is 57.6 Å².